The van der Waals surface area contributed by atoms with Gasteiger partial charge in [-0.05, 0) is 30.7 Å². The van der Waals surface area contributed by atoms with Crippen LogP contribution in [0.4, 0.5) is 0 Å². The molecule has 1 aromatic heterocycles. The number of carbonyl (C=O) groups is 2. The van der Waals surface area contributed by atoms with Gasteiger partial charge in [0.05, 0.1) is 16.3 Å². The highest BCUT2D eigenvalue weighted by molar-refractivity contribution is 6.33. The summed E-state index contributed by atoms with van der Waals surface area (Å²) in [6.07, 6.45) is 4.85. The molecule has 2 aromatic rings. The van der Waals surface area contributed by atoms with Gasteiger partial charge in [-0.3, -0.25) is 9.59 Å². The number of hydrogen-bond acceptors (Lipinski definition) is 3. The first-order valence-electron chi connectivity index (χ1n) is 8.39. The number of fused-ring (bicyclic) bond motifs is 1. The van der Waals surface area contributed by atoms with Crippen molar-refractivity contribution in [3.05, 3.63) is 47.2 Å². The Kier molecular flexibility index (Phi) is 4.00. The third-order valence-corrected chi connectivity index (χ3v) is 5.59. The van der Waals surface area contributed by atoms with Crippen molar-refractivity contribution in [3.8, 4) is 5.69 Å². The Morgan fingerprint density at radius 1 is 1.36 bits per heavy atom. The van der Waals surface area contributed by atoms with Gasteiger partial charge in [0.1, 0.15) is 0 Å². The zero-order valence-corrected chi connectivity index (χ0v) is 14.7. The van der Waals surface area contributed by atoms with E-state index < -0.39 is 0 Å². The van der Waals surface area contributed by atoms with Crippen molar-refractivity contribution in [2.45, 2.75) is 18.9 Å². The highest BCUT2D eigenvalue weighted by Gasteiger charge is 2.42. The fourth-order valence-corrected chi connectivity index (χ4v) is 4.08. The summed E-state index contributed by atoms with van der Waals surface area (Å²) in [5.41, 5.74) is 1.27. The number of amides is 2. The smallest absolute Gasteiger partial charge is 0.255 e. The summed E-state index contributed by atoms with van der Waals surface area (Å²) in [5, 5.41) is 4.63. The SMILES string of the molecule is CN1C(=O)C[C@@H]2CN(C(=O)c3cc(-n4cccn4)ccc3Cl)CC[C@@H]21. The molecule has 2 atom stereocenters. The minimum absolute atomic E-state index is 0.0838. The van der Waals surface area contributed by atoms with Crippen LogP contribution in [0.15, 0.2) is 36.7 Å². The molecule has 2 saturated heterocycles. The standard InChI is InChI=1S/C18H19ClN4O2/c1-21-16-5-8-22(11-12(16)9-17(21)24)18(25)14-10-13(3-4-15(14)19)23-7-2-6-20-23/h2-4,6-7,10,12,16H,5,8-9,11H2,1H3/t12-,16+/m1/s1. The van der Waals surface area contributed by atoms with E-state index in [0.717, 1.165) is 12.1 Å². The van der Waals surface area contributed by atoms with E-state index in [-0.39, 0.29) is 23.8 Å². The van der Waals surface area contributed by atoms with Gasteiger partial charge < -0.3 is 9.80 Å². The molecule has 0 aliphatic carbocycles. The van der Waals surface area contributed by atoms with Crippen molar-refractivity contribution in [2.24, 2.45) is 5.92 Å². The van der Waals surface area contributed by atoms with Gasteiger partial charge in [0.15, 0.2) is 0 Å². The van der Waals surface area contributed by atoms with Crippen molar-refractivity contribution >= 4 is 23.4 Å². The van der Waals surface area contributed by atoms with Gasteiger partial charge in [-0.15, -0.1) is 0 Å². The Bertz CT molecular complexity index is 820. The van der Waals surface area contributed by atoms with Gasteiger partial charge in [-0.25, -0.2) is 4.68 Å². The molecule has 2 aliphatic rings. The van der Waals surface area contributed by atoms with E-state index in [1.807, 2.05) is 35.2 Å². The lowest BCUT2D eigenvalue weighted by Gasteiger charge is -2.36. The summed E-state index contributed by atoms with van der Waals surface area (Å²) in [6.45, 7) is 1.24. The molecule has 2 amide bonds. The van der Waals surface area contributed by atoms with E-state index in [1.165, 1.54) is 0 Å². The Labute approximate surface area is 151 Å². The quantitative estimate of drug-likeness (QED) is 0.827. The molecule has 3 heterocycles. The molecule has 0 N–H and O–H groups in total. The summed E-state index contributed by atoms with van der Waals surface area (Å²) in [6, 6.07) is 7.42. The van der Waals surface area contributed by atoms with E-state index in [0.29, 0.717) is 30.1 Å². The average molecular weight is 359 g/mol. The molecule has 6 nitrogen and oxygen atoms in total. The number of rotatable bonds is 2. The molecule has 1 aromatic carbocycles. The van der Waals surface area contributed by atoms with Gasteiger partial charge in [0, 0.05) is 50.9 Å². The normalized spacial score (nSPS) is 23.0. The molecule has 0 unspecified atom stereocenters. The van der Waals surface area contributed by atoms with Crippen LogP contribution in [-0.2, 0) is 4.79 Å². The Morgan fingerprint density at radius 3 is 2.96 bits per heavy atom. The molecule has 25 heavy (non-hydrogen) atoms. The number of carbonyl (C=O) groups excluding carboxylic acids is 2. The first-order valence-corrected chi connectivity index (χ1v) is 8.77. The monoisotopic (exact) mass is 358 g/mol. The second-order valence-corrected chi connectivity index (χ2v) is 7.10. The lowest BCUT2D eigenvalue weighted by molar-refractivity contribution is -0.127. The van der Waals surface area contributed by atoms with Crippen molar-refractivity contribution in [1.29, 1.82) is 0 Å². The van der Waals surface area contributed by atoms with Gasteiger partial charge in [0.2, 0.25) is 5.91 Å². The number of piperidine rings is 1. The molecule has 0 saturated carbocycles. The lowest BCUT2D eigenvalue weighted by atomic mass is 9.92. The van der Waals surface area contributed by atoms with Gasteiger partial charge in [0.25, 0.3) is 5.91 Å². The van der Waals surface area contributed by atoms with E-state index in [9.17, 15) is 9.59 Å². The van der Waals surface area contributed by atoms with E-state index in [4.69, 9.17) is 11.6 Å². The second kappa shape index (κ2) is 6.19. The zero-order valence-electron chi connectivity index (χ0n) is 13.9. The molecule has 0 radical (unpaired) electrons. The maximum absolute atomic E-state index is 13.0. The van der Waals surface area contributed by atoms with Crippen molar-refractivity contribution in [3.63, 3.8) is 0 Å². The summed E-state index contributed by atoms with van der Waals surface area (Å²) >= 11 is 6.29. The first kappa shape index (κ1) is 16.1. The van der Waals surface area contributed by atoms with Gasteiger partial charge in [-0.1, -0.05) is 11.6 Å². The average Bonchev–Trinajstić information content (AvgIpc) is 3.24. The predicted molar refractivity (Wildman–Crippen MR) is 93.8 cm³/mol. The second-order valence-electron chi connectivity index (χ2n) is 6.69. The fourth-order valence-electron chi connectivity index (χ4n) is 3.88. The summed E-state index contributed by atoms with van der Waals surface area (Å²) < 4.78 is 1.70. The van der Waals surface area contributed by atoms with Crippen LogP contribution in [0.3, 0.4) is 0 Å². The molecule has 2 fully saturated rings. The predicted octanol–water partition coefficient (Wildman–Crippen LogP) is 2.22. The number of likely N-dealkylation sites (tertiary alicyclic amines) is 2. The molecule has 0 bridgehead atoms. The van der Waals surface area contributed by atoms with Crippen molar-refractivity contribution in [1.82, 2.24) is 19.6 Å². The van der Waals surface area contributed by atoms with Crippen LogP contribution in [0.25, 0.3) is 5.69 Å². The molecule has 7 heteroatoms. The number of nitrogens with zero attached hydrogens (tertiary/aromatic N) is 4. The molecular formula is C18H19ClN4O2. The van der Waals surface area contributed by atoms with E-state index in [1.54, 1.807) is 23.0 Å². The molecule has 0 spiro atoms. The zero-order chi connectivity index (χ0) is 17.6. The largest absolute Gasteiger partial charge is 0.342 e. The van der Waals surface area contributed by atoms with Gasteiger partial charge >= 0.3 is 0 Å². The van der Waals surface area contributed by atoms with Crippen molar-refractivity contribution < 1.29 is 9.59 Å². The van der Waals surface area contributed by atoms with Crippen LogP contribution in [0.2, 0.25) is 5.02 Å². The lowest BCUT2D eigenvalue weighted by Crippen LogP contribution is -2.47. The minimum Gasteiger partial charge on any atom is -0.342 e. The number of halogens is 1. The number of hydrogen-bond donors (Lipinski definition) is 0. The topological polar surface area (TPSA) is 58.4 Å². The first-order chi connectivity index (χ1) is 12.0. The Balaban J connectivity index is 1.57. The highest BCUT2D eigenvalue weighted by atomic mass is 35.5. The Morgan fingerprint density at radius 2 is 2.20 bits per heavy atom. The fraction of sp³-hybridized carbons (Fsp3) is 0.389. The third kappa shape index (κ3) is 2.80. The van der Waals surface area contributed by atoms with Gasteiger partial charge in [-0.2, -0.15) is 5.10 Å². The minimum atomic E-state index is -0.0838. The summed E-state index contributed by atoms with van der Waals surface area (Å²) in [4.78, 5) is 28.6. The van der Waals surface area contributed by atoms with Crippen molar-refractivity contribution in [2.75, 3.05) is 20.1 Å². The van der Waals surface area contributed by atoms with E-state index in [2.05, 4.69) is 5.10 Å². The maximum atomic E-state index is 13.0. The van der Waals surface area contributed by atoms with Crippen LogP contribution in [0, 0.1) is 5.92 Å². The highest BCUT2D eigenvalue weighted by Crippen LogP contribution is 2.32. The van der Waals surface area contributed by atoms with Crippen LogP contribution in [0.5, 0.6) is 0 Å². The van der Waals surface area contributed by atoms with Crippen LogP contribution < -0.4 is 0 Å². The molecule has 2 aliphatic heterocycles. The third-order valence-electron chi connectivity index (χ3n) is 5.26. The Hall–Kier alpha value is -2.34. The van der Waals surface area contributed by atoms with E-state index >= 15 is 0 Å². The molecule has 130 valence electrons. The molecular weight excluding hydrogens is 340 g/mol. The van der Waals surface area contributed by atoms with Crippen LogP contribution in [-0.4, -0.2) is 57.6 Å². The number of benzene rings is 1. The summed E-state index contributed by atoms with van der Waals surface area (Å²) in [7, 11) is 1.86. The maximum Gasteiger partial charge on any atom is 0.255 e. The molecule has 4 rings (SSSR count). The van der Waals surface area contributed by atoms with Crippen LogP contribution >= 0.6 is 11.6 Å². The summed E-state index contributed by atoms with van der Waals surface area (Å²) in [5.74, 6) is 0.297. The number of aromatic nitrogens is 2. The van der Waals surface area contributed by atoms with Crippen LogP contribution in [0.1, 0.15) is 23.2 Å².